The van der Waals surface area contributed by atoms with Gasteiger partial charge in [0, 0.05) is 6.61 Å². The van der Waals surface area contributed by atoms with Gasteiger partial charge in [-0.15, -0.1) is 5.10 Å². The van der Waals surface area contributed by atoms with Crippen LogP contribution in [0.25, 0.3) is 0 Å². The molecule has 5 rings (SSSR count). The maximum atomic E-state index is 11.1. The molecule has 334 valence electrons. The summed E-state index contributed by atoms with van der Waals surface area (Å²) in [6.45, 7) is 3.18. The molecule has 4 heterocycles. The molecule has 0 aromatic carbocycles. The largest absolute Gasteiger partial charge is 0.394 e. The molecule has 0 radical (unpaired) electrons. The molecule has 0 spiro atoms. The van der Waals surface area contributed by atoms with Crippen LogP contribution in [-0.4, -0.2) is 239 Å². The average Bonchev–Trinajstić information content (AvgIpc) is 3.68. The lowest BCUT2D eigenvalue weighted by atomic mass is 9.86. The van der Waals surface area contributed by atoms with Crippen molar-refractivity contribution in [2.75, 3.05) is 46.2 Å². The molecule has 1 aliphatic carbocycles. The summed E-state index contributed by atoms with van der Waals surface area (Å²) in [6, 6.07) is -2.20. The Morgan fingerprint density at radius 1 is 0.707 bits per heavy atom. The molecule has 58 heavy (non-hydrogen) atoms. The highest BCUT2D eigenvalue weighted by atomic mass is 16.8. The second-order valence-corrected chi connectivity index (χ2v) is 14.4. The highest BCUT2D eigenvalue weighted by molar-refractivity contribution is 5.22. The van der Waals surface area contributed by atoms with Crippen LogP contribution in [0.1, 0.15) is 19.5 Å². The smallest absolute Gasteiger partial charge is 0.187 e. The molecule has 24 nitrogen and oxygen atoms in total. The van der Waals surface area contributed by atoms with Crippen LogP contribution in [0, 0.1) is 0 Å². The molecule has 0 bridgehead atoms. The van der Waals surface area contributed by atoms with Gasteiger partial charge in [-0.3, -0.25) is 0 Å². The number of hydrogen-bond donors (Lipinski definition) is 13. The molecule has 3 aliphatic heterocycles. The van der Waals surface area contributed by atoms with Gasteiger partial charge in [0.2, 0.25) is 0 Å². The topological polar surface area (TPSA) is 359 Å². The molecule has 4 aliphatic rings. The van der Waals surface area contributed by atoms with E-state index in [-0.39, 0.29) is 12.2 Å². The van der Waals surface area contributed by atoms with Crippen LogP contribution in [0.3, 0.4) is 0 Å². The van der Waals surface area contributed by atoms with Gasteiger partial charge in [-0.25, -0.2) is 4.68 Å². The number of aliphatic hydroxyl groups excluding tert-OH is 12. The first kappa shape index (κ1) is 47.1. The summed E-state index contributed by atoms with van der Waals surface area (Å²) in [6.07, 6.45) is -24.7. The van der Waals surface area contributed by atoms with E-state index in [2.05, 4.69) is 15.6 Å². The summed E-state index contributed by atoms with van der Waals surface area (Å²) in [5, 5.41) is 138. The predicted molar refractivity (Wildman–Crippen MR) is 188 cm³/mol. The van der Waals surface area contributed by atoms with Gasteiger partial charge in [-0.05, 0) is 19.4 Å². The number of aliphatic hydroxyl groups is 12. The second-order valence-electron chi connectivity index (χ2n) is 14.4. The number of ether oxygens (including phenoxy) is 8. The minimum absolute atomic E-state index is 0.0192. The zero-order chi connectivity index (χ0) is 42.3. The molecular weight excluding hydrogens is 784 g/mol. The Morgan fingerprint density at radius 3 is 1.91 bits per heavy atom. The molecule has 24 heteroatoms. The molecular formula is C34H58N4O20. The highest BCUT2D eigenvalue weighted by Gasteiger charge is 2.54. The number of rotatable bonds is 19. The van der Waals surface area contributed by atoms with Crippen LogP contribution in [-0.2, 0) is 51.0 Å². The normalized spacial score (nSPS) is 42.4. The molecule has 13 N–H and O–H groups in total. The zero-order valence-corrected chi connectivity index (χ0v) is 32.0. The van der Waals surface area contributed by atoms with Crippen LogP contribution in [0.2, 0.25) is 0 Å². The van der Waals surface area contributed by atoms with E-state index in [0.29, 0.717) is 38.7 Å². The lowest BCUT2D eigenvalue weighted by molar-refractivity contribution is -0.376. The van der Waals surface area contributed by atoms with E-state index in [0.717, 1.165) is 0 Å². The zero-order valence-electron chi connectivity index (χ0n) is 32.0. The Balaban J connectivity index is 1.14. The van der Waals surface area contributed by atoms with Crippen molar-refractivity contribution < 1.29 is 99.2 Å². The van der Waals surface area contributed by atoms with Gasteiger partial charge < -0.3 is 104 Å². The summed E-state index contributed by atoms with van der Waals surface area (Å²) in [7, 11) is 0. The molecule has 0 amide bonds. The van der Waals surface area contributed by atoms with Crippen molar-refractivity contribution in [2.45, 2.75) is 143 Å². The van der Waals surface area contributed by atoms with Gasteiger partial charge in [-0.1, -0.05) is 11.3 Å². The van der Waals surface area contributed by atoms with Crippen molar-refractivity contribution >= 4 is 0 Å². The van der Waals surface area contributed by atoms with Crippen LogP contribution in [0.5, 0.6) is 0 Å². The van der Waals surface area contributed by atoms with Crippen molar-refractivity contribution in [3.05, 3.63) is 23.5 Å². The van der Waals surface area contributed by atoms with Crippen molar-refractivity contribution in [2.24, 2.45) is 0 Å². The van der Waals surface area contributed by atoms with E-state index < -0.39 is 136 Å². The maximum absolute atomic E-state index is 11.1. The predicted octanol–water partition coefficient (Wildman–Crippen LogP) is -7.70. The minimum Gasteiger partial charge on any atom is -0.394 e. The van der Waals surface area contributed by atoms with E-state index in [4.69, 9.17) is 37.9 Å². The van der Waals surface area contributed by atoms with E-state index in [1.807, 2.05) is 6.92 Å². The van der Waals surface area contributed by atoms with Crippen molar-refractivity contribution in [3.63, 3.8) is 0 Å². The Bertz CT molecular complexity index is 1410. The monoisotopic (exact) mass is 842 g/mol. The first-order chi connectivity index (χ1) is 27.7. The average molecular weight is 843 g/mol. The fourth-order valence-electron chi connectivity index (χ4n) is 7.14. The number of nitrogens with one attached hydrogen (secondary N) is 1. The number of aromatic nitrogens is 3. The summed E-state index contributed by atoms with van der Waals surface area (Å²) >= 11 is 0. The lowest BCUT2D eigenvalue weighted by Gasteiger charge is -2.48. The van der Waals surface area contributed by atoms with Gasteiger partial charge in [0.15, 0.2) is 18.9 Å². The molecule has 1 unspecified atom stereocenters. The summed E-state index contributed by atoms with van der Waals surface area (Å²) < 4.78 is 46.4. The van der Waals surface area contributed by atoms with Crippen LogP contribution in [0.15, 0.2) is 17.8 Å². The summed E-state index contributed by atoms with van der Waals surface area (Å²) in [5.41, 5.74) is 0.381. The first-order valence-electron chi connectivity index (χ1n) is 19.1. The fraction of sp³-hybridized carbons (Fsp3) is 0.882. The minimum atomic E-state index is -1.96. The Kier molecular flexibility index (Phi) is 17.6. The van der Waals surface area contributed by atoms with Crippen molar-refractivity contribution in [1.29, 1.82) is 0 Å². The molecule has 1 aromatic rings. The standard InChI is InChI=1S/C34H58N4O20/c1-3-51-6-7-52-5-4-38-9-16(36-37-38)13-53-32-28(49)25(46)30(18(11-40)55-32)58-34-29(50)26(47)31(19(12-41)56-34)57-33-27(48)23(44)20(14(2)54-33)35-17-8-15(10-39)21(42)24(45)22(17)43/h8-9,14,17-35,39-50H,3-7,10-13H2,1-2H3/t14-,17+,18-,19-,20-,21-,22+,23+,24+,25-,26-,27-,28-,29-,30?,31-,32-,33-,34-/m1/s1. The third-order valence-electron chi connectivity index (χ3n) is 10.5. The molecule has 19 atom stereocenters. The van der Waals surface area contributed by atoms with Crippen LogP contribution in [0.4, 0.5) is 0 Å². The SMILES string of the molecule is CCOCCOCCn1cc(CO[C@@H]2O[C@H](CO)C(O[C@H]3O[C@H](CO)[C@@H](O[C@H]4O[C@H](C)[C@@H](N[C@H]5C=C(CO)[C@@H](O)[C@H](O)[C@H]5O)[C@H](O)[C@H]4O)[C@H](O)[C@H]3O)[C@H](O)[C@H]2O)nn1. The quantitative estimate of drug-likeness (QED) is 0.0454. The van der Waals surface area contributed by atoms with E-state index in [1.165, 1.54) is 17.7 Å². The van der Waals surface area contributed by atoms with Crippen molar-refractivity contribution in [1.82, 2.24) is 20.3 Å². The Hall–Kier alpha value is -1.96. The van der Waals surface area contributed by atoms with Gasteiger partial charge in [0.1, 0.15) is 85.0 Å². The third kappa shape index (κ3) is 10.9. The summed E-state index contributed by atoms with van der Waals surface area (Å²) in [5.74, 6) is 0. The Labute approximate surface area is 332 Å². The van der Waals surface area contributed by atoms with Crippen LogP contribution < -0.4 is 5.32 Å². The van der Waals surface area contributed by atoms with Gasteiger partial charge >= 0.3 is 0 Å². The fourth-order valence-corrected chi connectivity index (χ4v) is 7.14. The van der Waals surface area contributed by atoms with Crippen molar-refractivity contribution in [3.8, 4) is 0 Å². The molecule has 1 aromatic heterocycles. The van der Waals surface area contributed by atoms with Gasteiger partial charge in [0.25, 0.3) is 0 Å². The molecule has 3 fully saturated rings. The van der Waals surface area contributed by atoms with Gasteiger partial charge in [-0.2, -0.15) is 0 Å². The molecule has 3 saturated heterocycles. The van der Waals surface area contributed by atoms with E-state index in [1.54, 1.807) is 6.20 Å². The highest BCUT2D eigenvalue weighted by Crippen LogP contribution is 2.33. The van der Waals surface area contributed by atoms with E-state index in [9.17, 15) is 61.3 Å². The number of hydrogen-bond acceptors (Lipinski definition) is 23. The number of nitrogens with zero attached hydrogens (tertiary/aromatic N) is 3. The molecule has 0 saturated carbocycles. The maximum Gasteiger partial charge on any atom is 0.187 e. The van der Waals surface area contributed by atoms with Crippen LogP contribution >= 0.6 is 0 Å². The second kappa shape index (κ2) is 21.7. The van der Waals surface area contributed by atoms with E-state index >= 15 is 0 Å². The third-order valence-corrected chi connectivity index (χ3v) is 10.5. The van der Waals surface area contributed by atoms with Gasteiger partial charge in [0.05, 0.1) is 77.2 Å². The summed E-state index contributed by atoms with van der Waals surface area (Å²) in [4.78, 5) is 0. The Morgan fingerprint density at radius 2 is 1.29 bits per heavy atom. The lowest BCUT2D eigenvalue weighted by Crippen LogP contribution is -2.68. The first-order valence-corrected chi connectivity index (χ1v) is 19.1.